The van der Waals surface area contributed by atoms with Crippen molar-refractivity contribution in [1.29, 1.82) is 0 Å². The summed E-state index contributed by atoms with van der Waals surface area (Å²) in [6, 6.07) is -1.14. The highest BCUT2D eigenvalue weighted by Gasteiger charge is 2.24. The summed E-state index contributed by atoms with van der Waals surface area (Å²) >= 11 is 16.3. The Morgan fingerprint density at radius 2 is 1.26 bits per heavy atom. The number of aliphatic hydroxyl groups is 1. The van der Waals surface area contributed by atoms with Gasteiger partial charge in [0.15, 0.2) is 5.78 Å². The maximum Gasteiger partial charge on any atom is 0.245 e. The Hall–Kier alpha value is -1.74. The summed E-state index contributed by atoms with van der Waals surface area (Å²) in [5, 5.41) is 25.1. The Bertz CT molecular complexity index is 1010. The topological polar surface area (TPSA) is 201 Å². The quantitative estimate of drug-likeness (QED) is 0.0646. The molecular weight excluding hydrogens is 773 g/mol. The molecule has 54 heavy (non-hydrogen) atoms. The lowest BCUT2D eigenvalue weighted by Crippen LogP contribution is -2.54. The summed E-state index contributed by atoms with van der Waals surface area (Å²) in [5.74, 6) is 1.01. The number of nitrogens with one attached hydrogen (secondary N) is 6. The monoisotopic (exact) mass is 848 g/mol. The largest absolute Gasteiger partial charge is 0.394 e. The van der Waals surface area contributed by atoms with E-state index in [1.807, 2.05) is 41.5 Å². The van der Waals surface area contributed by atoms with Crippen LogP contribution in [0.5, 0.6) is 0 Å². The zero-order valence-corrected chi connectivity index (χ0v) is 37.4. The third-order valence-electron chi connectivity index (χ3n) is 6.65. The summed E-state index contributed by atoms with van der Waals surface area (Å²) in [6.45, 7) is 19.2. The molecule has 0 aromatic carbocycles. The summed E-state index contributed by atoms with van der Waals surface area (Å²) < 4.78 is 0. The second kappa shape index (κ2) is 39.5. The van der Waals surface area contributed by atoms with E-state index >= 15 is 0 Å². The lowest BCUT2D eigenvalue weighted by molar-refractivity contribution is -0.132. The van der Waals surface area contributed by atoms with Crippen molar-refractivity contribution in [2.24, 2.45) is 5.92 Å². The van der Waals surface area contributed by atoms with Crippen molar-refractivity contribution in [1.82, 2.24) is 41.7 Å². The molecule has 3 unspecified atom stereocenters. The van der Waals surface area contributed by atoms with Gasteiger partial charge < -0.3 is 41.9 Å². The molecular formula is C35H76N8O7S4. The molecule has 322 valence electrons. The van der Waals surface area contributed by atoms with Crippen molar-refractivity contribution in [2.75, 3.05) is 83.0 Å². The number of thiol groups is 4. The zero-order valence-electron chi connectivity index (χ0n) is 33.8. The van der Waals surface area contributed by atoms with Gasteiger partial charge in [0, 0.05) is 54.2 Å². The molecule has 15 nitrogen and oxygen atoms in total. The molecule has 0 heterocycles. The smallest absolute Gasteiger partial charge is 0.245 e. The molecule has 0 saturated heterocycles. The van der Waals surface area contributed by atoms with Crippen LogP contribution in [0.3, 0.4) is 0 Å². The molecule has 5 amide bonds. The lowest BCUT2D eigenvalue weighted by atomic mass is 10.1. The van der Waals surface area contributed by atoms with Crippen molar-refractivity contribution in [2.45, 2.75) is 99.9 Å². The van der Waals surface area contributed by atoms with Gasteiger partial charge in [0.1, 0.15) is 6.04 Å². The molecule has 0 aliphatic heterocycles. The first-order chi connectivity index (χ1) is 24.8. The molecule has 0 spiro atoms. The number of Topliss-reactive ketones (excluding diaryl/α,β-unsaturated/α-hetero) is 1. The van der Waals surface area contributed by atoms with Gasteiger partial charge in [-0.3, -0.25) is 33.7 Å². The van der Waals surface area contributed by atoms with Gasteiger partial charge in [-0.25, -0.2) is 0 Å². The number of hydrogen-bond acceptors (Lipinski definition) is 14. The maximum absolute atomic E-state index is 11.8. The second-order valence-corrected chi connectivity index (χ2v) is 14.3. The number of hydrogen-bond donors (Lipinski definition) is 11. The summed E-state index contributed by atoms with van der Waals surface area (Å²) in [6.07, 6.45) is 0. The predicted octanol–water partition coefficient (Wildman–Crippen LogP) is 0.535. The SMILES string of the molecule is C.CC.CC(=O)C(CS)NC(=O)C(CO)NC(=O)CN(C)C.CC(C)N(CCS)CC(=O)NCCS.CC(C)NCC(=O)NCC(=O)NC(CS)C(C)C. The molecule has 0 fully saturated rings. The standard InChI is InChI=1S/C12H25N3O2S.C11H21N3O4S.C9H20N2OS2.C2H6.CH4/c1-8(2)10(7-18)15-12(17)6-14-11(16)5-13-9(3)4;1-7(16)9(6-19)13-11(18)8(5-15)12-10(17)4-14(2)3;1-8(2)11(4-6-14)7-9(12)10-3-5-13;1-2;/h8-10,13,18H,5-7H2,1-4H3,(H,14,16)(H,15,17);8-9,15,19H,4-6H2,1-3H3,(H,12,17)(H,13,18);8,13-14H,3-7H2,1-2H3,(H,10,12);1-2H3;1H4. The number of nitrogens with zero attached hydrogens (tertiary/aromatic N) is 2. The van der Waals surface area contributed by atoms with Gasteiger partial charge in [0.05, 0.1) is 38.8 Å². The Morgan fingerprint density at radius 1 is 0.685 bits per heavy atom. The van der Waals surface area contributed by atoms with Gasteiger partial charge in [-0.1, -0.05) is 49.0 Å². The van der Waals surface area contributed by atoms with Crippen LogP contribution in [0.4, 0.5) is 0 Å². The van der Waals surface area contributed by atoms with Crippen LogP contribution in [0, 0.1) is 5.92 Å². The van der Waals surface area contributed by atoms with Crippen molar-refractivity contribution in [3.63, 3.8) is 0 Å². The fourth-order valence-corrected chi connectivity index (χ4v) is 4.80. The minimum atomic E-state index is -1.07. The Balaban J connectivity index is -0.000000217. The molecule has 0 saturated carbocycles. The van der Waals surface area contributed by atoms with Crippen LogP contribution in [0.2, 0.25) is 0 Å². The van der Waals surface area contributed by atoms with Crippen LogP contribution in [-0.2, 0) is 28.8 Å². The Labute approximate surface area is 348 Å². The predicted molar refractivity (Wildman–Crippen MR) is 236 cm³/mol. The van der Waals surface area contributed by atoms with Gasteiger partial charge >= 0.3 is 0 Å². The molecule has 19 heteroatoms. The van der Waals surface area contributed by atoms with Crippen molar-refractivity contribution < 1.29 is 33.9 Å². The fourth-order valence-electron chi connectivity index (χ4n) is 3.57. The molecule has 3 atom stereocenters. The first-order valence-electron chi connectivity index (χ1n) is 17.9. The number of amides is 5. The van der Waals surface area contributed by atoms with E-state index in [1.165, 1.54) is 6.92 Å². The highest BCUT2D eigenvalue weighted by atomic mass is 32.1. The Kier molecular flexibility index (Phi) is 45.0. The van der Waals surface area contributed by atoms with E-state index in [1.54, 1.807) is 19.0 Å². The normalized spacial score (nSPS) is 12.0. The summed E-state index contributed by atoms with van der Waals surface area (Å²) in [5.41, 5.74) is 0. The average molecular weight is 849 g/mol. The van der Waals surface area contributed by atoms with Crippen LogP contribution < -0.4 is 31.9 Å². The average Bonchev–Trinajstić information content (AvgIpc) is 3.09. The molecule has 0 rings (SSSR count). The van der Waals surface area contributed by atoms with Crippen molar-refractivity contribution in [3.8, 4) is 0 Å². The first kappa shape index (κ1) is 61.5. The van der Waals surface area contributed by atoms with Crippen LogP contribution in [0.15, 0.2) is 0 Å². The van der Waals surface area contributed by atoms with E-state index in [4.69, 9.17) is 5.11 Å². The van der Waals surface area contributed by atoms with Gasteiger partial charge in [0.25, 0.3) is 0 Å². The summed E-state index contributed by atoms with van der Waals surface area (Å²) in [7, 11) is 3.42. The van der Waals surface area contributed by atoms with Gasteiger partial charge in [-0.15, -0.1) is 0 Å². The minimum Gasteiger partial charge on any atom is -0.394 e. The lowest BCUT2D eigenvalue weighted by Gasteiger charge is -2.24. The van der Waals surface area contributed by atoms with Crippen LogP contribution in [0.1, 0.15) is 69.7 Å². The third-order valence-corrected chi connectivity index (χ3v) is 7.83. The molecule has 0 aliphatic rings. The van der Waals surface area contributed by atoms with Gasteiger partial charge in [-0.05, 0) is 40.8 Å². The highest BCUT2D eigenvalue weighted by Crippen LogP contribution is 2.02. The number of likely N-dealkylation sites (N-methyl/N-ethyl adjacent to an activating group) is 1. The summed E-state index contributed by atoms with van der Waals surface area (Å²) in [4.78, 5) is 72.5. The number of ketones is 1. The van der Waals surface area contributed by atoms with Crippen molar-refractivity contribution >= 4 is 85.8 Å². The Morgan fingerprint density at radius 3 is 1.65 bits per heavy atom. The number of aliphatic hydroxyl groups excluding tert-OH is 1. The number of carbonyl (C=O) groups excluding carboxylic acids is 6. The first-order valence-corrected chi connectivity index (χ1v) is 20.4. The number of carbonyl (C=O) groups is 6. The molecule has 7 N–H and O–H groups in total. The third kappa shape index (κ3) is 37.2. The van der Waals surface area contributed by atoms with E-state index in [9.17, 15) is 28.8 Å². The fraction of sp³-hybridized carbons (Fsp3) is 0.829. The van der Waals surface area contributed by atoms with E-state index in [0.29, 0.717) is 36.6 Å². The van der Waals surface area contributed by atoms with Crippen molar-refractivity contribution in [3.05, 3.63) is 0 Å². The molecule has 0 aliphatic carbocycles. The van der Waals surface area contributed by atoms with E-state index in [2.05, 4.69) is 101 Å². The van der Waals surface area contributed by atoms with Crippen LogP contribution >= 0.6 is 50.5 Å². The van der Waals surface area contributed by atoms with Gasteiger partial charge in [0.2, 0.25) is 29.5 Å². The zero-order chi connectivity index (χ0) is 42.1. The second-order valence-electron chi connectivity index (χ2n) is 12.7. The van der Waals surface area contributed by atoms with E-state index < -0.39 is 24.6 Å². The van der Waals surface area contributed by atoms with E-state index in [-0.39, 0.29) is 74.3 Å². The number of rotatable bonds is 23. The van der Waals surface area contributed by atoms with Gasteiger partial charge in [-0.2, -0.15) is 50.5 Å². The molecule has 0 aromatic rings. The highest BCUT2D eigenvalue weighted by molar-refractivity contribution is 7.80. The maximum atomic E-state index is 11.8. The van der Waals surface area contributed by atoms with E-state index in [0.717, 1.165) is 12.3 Å². The molecule has 0 bridgehead atoms. The van der Waals surface area contributed by atoms with Crippen LogP contribution in [0.25, 0.3) is 0 Å². The molecule has 0 radical (unpaired) electrons. The molecule has 0 aromatic heterocycles. The minimum absolute atomic E-state index is 0. The van der Waals surface area contributed by atoms with Crippen LogP contribution in [-0.4, -0.2) is 163 Å².